The number of benzene rings is 2. The number of esters is 1. The molecule has 44 heavy (non-hydrogen) atoms. The molecule has 0 radical (unpaired) electrons. The van der Waals surface area contributed by atoms with Crippen LogP contribution >= 0.6 is 0 Å². The van der Waals surface area contributed by atoms with Crippen LogP contribution in [-0.2, 0) is 14.3 Å². The van der Waals surface area contributed by atoms with Crippen LogP contribution in [0.5, 0.6) is 5.75 Å². The molecule has 0 spiro atoms. The number of amides is 4. The Kier molecular flexibility index (Phi) is 9.90. The topological polar surface area (TPSA) is 110 Å². The lowest BCUT2D eigenvalue weighted by Crippen LogP contribution is -2.58. The fourth-order valence-corrected chi connectivity index (χ4v) is 6.72. The number of urea groups is 2. The molecule has 2 aromatic rings. The smallest absolute Gasteiger partial charge is 0.352 e. The van der Waals surface area contributed by atoms with E-state index in [0.717, 1.165) is 68.7 Å². The van der Waals surface area contributed by atoms with Gasteiger partial charge in [-0.25, -0.2) is 23.3 Å². The minimum Gasteiger partial charge on any atom is -0.496 e. The van der Waals surface area contributed by atoms with Crippen molar-refractivity contribution < 1.29 is 37.4 Å². The Balaban J connectivity index is 1.22. The van der Waals surface area contributed by atoms with Crippen LogP contribution in [0.15, 0.2) is 47.5 Å². The number of para-hydroxylation sites is 1. The highest BCUT2D eigenvalue weighted by Crippen LogP contribution is 2.40. The van der Waals surface area contributed by atoms with Gasteiger partial charge in [0, 0.05) is 38.7 Å². The molecular weight excluding hydrogens is 574 g/mol. The fourth-order valence-electron chi connectivity index (χ4n) is 6.72. The van der Waals surface area contributed by atoms with Crippen LogP contribution in [0.4, 0.5) is 18.4 Å². The lowest BCUT2D eigenvalue weighted by Gasteiger charge is -2.47. The summed E-state index contributed by atoms with van der Waals surface area (Å²) >= 11 is 0. The quantitative estimate of drug-likeness (QED) is 0.409. The summed E-state index contributed by atoms with van der Waals surface area (Å²) in [6.07, 6.45) is 4.32. The maximum atomic E-state index is 14.3. The van der Waals surface area contributed by atoms with Crippen molar-refractivity contribution in [3.8, 4) is 5.75 Å². The van der Waals surface area contributed by atoms with Crippen LogP contribution < -0.4 is 10.1 Å². The molecule has 2 unspecified atom stereocenters. The Hall–Kier alpha value is -3.90. The van der Waals surface area contributed by atoms with Gasteiger partial charge in [-0.15, -0.1) is 0 Å². The first kappa shape index (κ1) is 31.5. The molecule has 1 saturated carbocycles. The number of nitrogens with zero attached hydrogens (tertiary/aromatic N) is 3. The summed E-state index contributed by atoms with van der Waals surface area (Å²) in [5.41, 5.74) is 1.34. The van der Waals surface area contributed by atoms with E-state index >= 15 is 0 Å². The molecule has 10 nitrogen and oxygen atoms in total. The molecule has 4 amide bonds. The first-order chi connectivity index (χ1) is 21.2. The summed E-state index contributed by atoms with van der Waals surface area (Å²) in [6, 6.07) is 8.61. The van der Waals surface area contributed by atoms with Crippen LogP contribution in [0.3, 0.4) is 0 Å². The van der Waals surface area contributed by atoms with Gasteiger partial charge in [0.1, 0.15) is 11.7 Å². The number of carbonyl (C=O) groups excluding carboxylic acids is 3. The van der Waals surface area contributed by atoms with Gasteiger partial charge in [-0.3, -0.25) is 9.69 Å². The zero-order valence-electron chi connectivity index (χ0n) is 25.1. The molecule has 2 atom stereocenters. The number of ether oxygens (including phenoxy) is 3. The molecule has 12 heteroatoms. The van der Waals surface area contributed by atoms with Gasteiger partial charge in [0.15, 0.2) is 11.6 Å². The highest BCUT2D eigenvalue weighted by molar-refractivity contribution is 6.12. The third kappa shape index (κ3) is 6.46. The number of carbonyl (C=O) groups is 3. The minimum atomic E-state index is -1.32. The molecule has 2 fully saturated rings. The molecule has 1 saturated heterocycles. The molecular formula is C32H38F2N4O6. The van der Waals surface area contributed by atoms with Gasteiger partial charge < -0.3 is 19.5 Å². The van der Waals surface area contributed by atoms with Crippen LogP contribution in [0.1, 0.15) is 48.8 Å². The summed E-state index contributed by atoms with van der Waals surface area (Å²) in [5, 5.41) is 2.80. The number of imide groups is 1. The Morgan fingerprint density at radius 2 is 1.73 bits per heavy atom. The first-order valence-electron chi connectivity index (χ1n) is 14.8. The van der Waals surface area contributed by atoms with E-state index in [1.54, 1.807) is 7.11 Å². The Bertz CT molecular complexity index is 1410. The molecule has 0 bridgehead atoms. The maximum absolute atomic E-state index is 14.3. The number of aliphatic imine (C=N–C) groups is 1. The number of methoxy groups -OCH3 is 3. The predicted molar refractivity (Wildman–Crippen MR) is 158 cm³/mol. The van der Waals surface area contributed by atoms with Gasteiger partial charge in [0.2, 0.25) is 0 Å². The number of nitrogens with one attached hydrogen (secondary N) is 1. The molecule has 1 N–H and O–H groups in total. The average Bonchev–Trinajstić information content (AvgIpc) is 3.01. The fraction of sp³-hybridized carbons (Fsp3) is 0.500. The second-order valence-corrected chi connectivity index (χ2v) is 11.6. The van der Waals surface area contributed by atoms with Crippen LogP contribution in [0.25, 0.3) is 0 Å². The molecule has 2 heterocycles. The van der Waals surface area contributed by atoms with Crippen molar-refractivity contribution in [1.82, 2.24) is 15.1 Å². The summed E-state index contributed by atoms with van der Waals surface area (Å²) in [5.74, 6) is -2.75. The van der Waals surface area contributed by atoms with E-state index in [9.17, 15) is 23.2 Å². The molecule has 2 aromatic carbocycles. The lowest BCUT2D eigenvalue weighted by molar-refractivity contribution is -0.144. The zero-order valence-corrected chi connectivity index (χ0v) is 25.1. The number of likely N-dealkylation sites (tertiary alicyclic amines) is 1. The minimum absolute atomic E-state index is 0.0261. The summed E-state index contributed by atoms with van der Waals surface area (Å²) in [7, 11) is 4.22. The van der Waals surface area contributed by atoms with Gasteiger partial charge in [-0.2, -0.15) is 4.99 Å². The average molecular weight is 613 g/mol. The van der Waals surface area contributed by atoms with Gasteiger partial charge in [-0.05, 0) is 60.9 Å². The Labute approximate surface area is 255 Å². The molecule has 5 rings (SSSR count). The van der Waals surface area contributed by atoms with Crippen molar-refractivity contribution in [3.05, 3.63) is 65.2 Å². The first-order valence-corrected chi connectivity index (χ1v) is 14.8. The van der Waals surface area contributed by atoms with E-state index in [0.29, 0.717) is 18.5 Å². The van der Waals surface area contributed by atoms with Crippen LogP contribution in [-0.4, -0.2) is 87.2 Å². The third-order valence-corrected chi connectivity index (χ3v) is 8.97. The van der Waals surface area contributed by atoms with Crippen LogP contribution in [0, 0.1) is 23.5 Å². The summed E-state index contributed by atoms with van der Waals surface area (Å²) in [6.45, 7) is 1.73. The van der Waals surface area contributed by atoms with Crippen molar-refractivity contribution in [2.75, 3.05) is 47.6 Å². The Morgan fingerprint density at radius 3 is 2.39 bits per heavy atom. The largest absolute Gasteiger partial charge is 0.496 e. The second kappa shape index (κ2) is 13.8. The summed E-state index contributed by atoms with van der Waals surface area (Å²) < 4.78 is 43.7. The standard InChI is InChI=1S/C32H38F2N4O6/c1-42-18-26-28(30(39)44-3)29(21-10-13-24(33)25(34)14-21)38(32(41)36-26)31(40)35-15-19-16-37(17-19)22-11-8-20(9-12-22)23-6-4-5-7-27(23)43-2/h4-7,10,13-14,19-20,22,28-29H,8-9,11-12,15-18H2,1-3H3,(H,35,40). The monoisotopic (exact) mass is 612 g/mol. The number of rotatable bonds is 9. The molecule has 2 aliphatic heterocycles. The molecule has 0 aromatic heterocycles. The van der Waals surface area contributed by atoms with Gasteiger partial charge >= 0.3 is 18.0 Å². The highest BCUT2D eigenvalue weighted by Gasteiger charge is 2.47. The highest BCUT2D eigenvalue weighted by atomic mass is 19.2. The zero-order chi connectivity index (χ0) is 31.4. The van der Waals surface area contributed by atoms with E-state index in [4.69, 9.17) is 14.2 Å². The van der Waals surface area contributed by atoms with Crippen LogP contribution in [0.2, 0.25) is 0 Å². The van der Waals surface area contributed by atoms with E-state index < -0.39 is 41.6 Å². The lowest BCUT2D eigenvalue weighted by atomic mass is 9.79. The normalized spacial score (nSPS) is 24.3. The maximum Gasteiger partial charge on any atom is 0.352 e. The van der Waals surface area contributed by atoms with E-state index in [1.165, 1.54) is 18.7 Å². The third-order valence-electron chi connectivity index (χ3n) is 8.97. The van der Waals surface area contributed by atoms with Gasteiger partial charge in [0.25, 0.3) is 0 Å². The number of hydrogen-bond donors (Lipinski definition) is 1. The van der Waals surface area contributed by atoms with Crippen molar-refractivity contribution >= 4 is 23.7 Å². The van der Waals surface area contributed by atoms with Crippen molar-refractivity contribution in [2.24, 2.45) is 16.8 Å². The van der Waals surface area contributed by atoms with Crippen molar-refractivity contribution in [2.45, 2.75) is 43.7 Å². The Morgan fingerprint density at radius 1 is 1.00 bits per heavy atom. The summed E-state index contributed by atoms with van der Waals surface area (Å²) in [4.78, 5) is 46.7. The van der Waals surface area contributed by atoms with E-state index in [2.05, 4.69) is 27.3 Å². The predicted octanol–water partition coefficient (Wildman–Crippen LogP) is 4.69. The van der Waals surface area contributed by atoms with E-state index in [-0.39, 0.29) is 23.8 Å². The van der Waals surface area contributed by atoms with Crippen molar-refractivity contribution in [3.63, 3.8) is 0 Å². The number of hydrogen-bond acceptors (Lipinski definition) is 7. The molecule has 3 aliphatic rings. The number of halogens is 2. The molecule has 1 aliphatic carbocycles. The van der Waals surface area contributed by atoms with Gasteiger partial charge in [0.05, 0.1) is 32.6 Å². The van der Waals surface area contributed by atoms with E-state index in [1.807, 2.05) is 12.1 Å². The molecule has 236 valence electrons. The SMILES string of the molecule is COCC1=NC(=O)N(C(=O)NCC2CN(C3CCC(c4ccccc4OC)CC3)C2)C(c2ccc(F)c(F)c2)C1C(=O)OC. The second-order valence-electron chi connectivity index (χ2n) is 11.6. The van der Waals surface area contributed by atoms with Crippen molar-refractivity contribution in [1.29, 1.82) is 0 Å². The van der Waals surface area contributed by atoms with Gasteiger partial charge in [-0.1, -0.05) is 24.3 Å².